The van der Waals surface area contributed by atoms with Crippen molar-refractivity contribution >= 4 is 22.9 Å². The molecule has 0 fully saturated rings. The van der Waals surface area contributed by atoms with Crippen molar-refractivity contribution in [2.75, 3.05) is 4.31 Å². The number of rotatable bonds is 6. The van der Waals surface area contributed by atoms with E-state index in [2.05, 4.69) is 5.10 Å². The first-order valence-corrected chi connectivity index (χ1v) is 10.6. The molecular formula is C21H21N3O5S. The Bertz CT molecular complexity index is 1100. The summed E-state index contributed by atoms with van der Waals surface area (Å²) in [5.74, 6) is -0.809. The van der Waals surface area contributed by atoms with Gasteiger partial charge in [-0.2, -0.15) is 5.10 Å². The minimum Gasteiger partial charge on any atom is -0.508 e. The van der Waals surface area contributed by atoms with Crippen molar-refractivity contribution in [2.45, 2.75) is 31.8 Å². The number of hydrogen-bond donors (Lipinski definition) is 3. The Morgan fingerprint density at radius 3 is 2.63 bits per heavy atom. The number of carboxylic acid groups (broad SMARTS) is 1. The average Bonchev–Trinajstić information content (AvgIpc) is 3.11. The van der Waals surface area contributed by atoms with Gasteiger partial charge in [-0.15, -0.1) is 0 Å². The van der Waals surface area contributed by atoms with E-state index in [9.17, 15) is 18.7 Å². The van der Waals surface area contributed by atoms with Gasteiger partial charge in [0.2, 0.25) is 0 Å². The Kier molecular flexibility index (Phi) is 5.56. The zero-order chi connectivity index (χ0) is 21.3. The van der Waals surface area contributed by atoms with Gasteiger partial charge < -0.3 is 10.2 Å². The smallest absolute Gasteiger partial charge is 0.325 e. The standard InChI is InChI=1S/C21H21N3O5S/c25-17-4-1-3-15(11-17)14-7-9-16(10-8-14)24(30(28)29)20-6-2-5-19-18(20)12-22-23(19)13-21(26)27/h1,3-4,7-12,20,25H,2,5-6,13H2,(H,26,27)(H,28,29). The third-order valence-electron chi connectivity index (χ3n) is 5.27. The molecule has 0 bridgehead atoms. The first kappa shape index (κ1) is 20.1. The van der Waals surface area contributed by atoms with Gasteiger partial charge in [0.25, 0.3) is 11.3 Å². The number of carbonyl (C=O) groups is 1. The Hall–Kier alpha value is -3.17. The zero-order valence-electron chi connectivity index (χ0n) is 16.0. The Morgan fingerprint density at radius 1 is 1.20 bits per heavy atom. The molecule has 0 radical (unpaired) electrons. The molecule has 0 saturated heterocycles. The molecule has 2 unspecified atom stereocenters. The van der Waals surface area contributed by atoms with Gasteiger partial charge in [0.1, 0.15) is 12.3 Å². The highest BCUT2D eigenvalue weighted by atomic mass is 32.2. The fourth-order valence-corrected chi connectivity index (χ4v) is 4.71. The lowest BCUT2D eigenvalue weighted by Crippen LogP contribution is -2.33. The van der Waals surface area contributed by atoms with Gasteiger partial charge in [-0.05, 0) is 54.7 Å². The van der Waals surface area contributed by atoms with E-state index in [1.54, 1.807) is 36.5 Å². The number of aromatic nitrogens is 2. The van der Waals surface area contributed by atoms with Crippen LogP contribution < -0.4 is 4.31 Å². The number of anilines is 1. The van der Waals surface area contributed by atoms with E-state index >= 15 is 0 Å². The second-order valence-electron chi connectivity index (χ2n) is 7.16. The molecule has 2 atom stereocenters. The third kappa shape index (κ3) is 3.94. The Balaban J connectivity index is 1.67. The van der Waals surface area contributed by atoms with Gasteiger partial charge in [-0.1, -0.05) is 24.3 Å². The summed E-state index contributed by atoms with van der Waals surface area (Å²) < 4.78 is 25.2. The van der Waals surface area contributed by atoms with E-state index in [4.69, 9.17) is 5.11 Å². The molecule has 0 aliphatic heterocycles. The van der Waals surface area contributed by atoms with Crippen LogP contribution in [0.2, 0.25) is 0 Å². The predicted molar refractivity (Wildman–Crippen MR) is 112 cm³/mol. The van der Waals surface area contributed by atoms with Crippen LogP contribution in [0.1, 0.15) is 30.1 Å². The summed E-state index contributed by atoms with van der Waals surface area (Å²) in [6.07, 6.45) is 3.70. The first-order chi connectivity index (χ1) is 14.4. The van der Waals surface area contributed by atoms with E-state index in [0.717, 1.165) is 28.8 Å². The maximum atomic E-state index is 12.3. The molecule has 0 saturated carbocycles. The number of aromatic hydroxyl groups is 1. The maximum Gasteiger partial charge on any atom is 0.325 e. The highest BCUT2D eigenvalue weighted by molar-refractivity contribution is 7.80. The molecule has 4 rings (SSSR count). The molecule has 0 spiro atoms. The van der Waals surface area contributed by atoms with Gasteiger partial charge in [0.05, 0.1) is 17.9 Å². The highest BCUT2D eigenvalue weighted by Crippen LogP contribution is 2.38. The van der Waals surface area contributed by atoms with Gasteiger partial charge in [0.15, 0.2) is 0 Å². The molecule has 1 aliphatic carbocycles. The van der Waals surface area contributed by atoms with Gasteiger partial charge in [0, 0.05) is 11.3 Å². The molecule has 156 valence electrons. The third-order valence-corrected chi connectivity index (χ3v) is 6.07. The molecule has 3 aromatic rings. The van der Waals surface area contributed by atoms with Crippen LogP contribution in [0.4, 0.5) is 5.69 Å². The monoisotopic (exact) mass is 427 g/mol. The number of carboxylic acids is 1. The van der Waals surface area contributed by atoms with Crippen molar-refractivity contribution < 1.29 is 23.8 Å². The number of benzene rings is 2. The van der Waals surface area contributed by atoms with Crippen molar-refractivity contribution in [3.8, 4) is 16.9 Å². The van der Waals surface area contributed by atoms with Crippen LogP contribution in [-0.4, -0.2) is 34.7 Å². The van der Waals surface area contributed by atoms with Crippen LogP contribution in [0.5, 0.6) is 5.75 Å². The summed E-state index contributed by atoms with van der Waals surface area (Å²) in [5.41, 5.74) is 3.86. The fourth-order valence-electron chi connectivity index (χ4n) is 3.97. The normalized spacial score (nSPS) is 16.6. The van der Waals surface area contributed by atoms with Crippen molar-refractivity contribution in [3.05, 3.63) is 66.0 Å². The van der Waals surface area contributed by atoms with E-state index in [1.807, 2.05) is 18.2 Å². The molecule has 1 heterocycles. The molecule has 9 heteroatoms. The number of phenolic OH excluding ortho intramolecular Hbond substituents is 1. The number of nitrogens with zero attached hydrogens (tertiary/aromatic N) is 3. The molecule has 8 nitrogen and oxygen atoms in total. The van der Waals surface area contributed by atoms with Crippen LogP contribution in [0, 0.1) is 0 Å². The number of aliphatic carboxylic acids is 1. The molecule has 1 aliphatic rings. The second kappa shape index (κ2) is 8.29. The minimum atomic E-state index is -2.28. The second-order valence-corrected chi connectivity index (χ2v) is 8.01. The first-order valence-electron chi connectivity index (χ1n) is 9.50. The van der Waals surface area contributed by atoms with Crippen LogP contribution in [0.15, 0.2) is 54.7 Å². The average molecular weight is 427 g/mol. The van der Waals surface area contributed by atoms with E-state index in [-0.39, 0.29) is 18.3 Å². The number of hydrogen-bond acceptors (Lipinski definition) is 4. The molecule has 0 amide bonds. The van der Waals surface area contributed by atoms with Crippen molar-refractivity contribution in [2.24, 2.45) is 0 Å². The van der Waals surface area contributed by atoms with E-state index in [1.165, 1.54) is 8.99 Å². The van der Waals surface area contributed by atoms with Crippen LogP contribution in [0.25, 0.3) is 11.1 Å². The highest BCUT2D eigenvalue weighted by Gasteiger charge is 2.32. The lowest BCUT2D eigenvalue weighted by Gasteiger charge is -2.33. The molecule has 3 N–H and O–H groups in total. The summed E-state index contributed by atoms with van der Waals surface area (Å²) in [5, 5.41) is 23.0. The maximum absolute atomic E-state index is 12.3. The molecule has 1 aromatic heterocycles. The summed E-state index contributed by atoms with van der Waals surface area (Å²) in [6, 6.07) is 13.7. The quantitative estimate of drug-likeness (QED) is 0.520. The van der Waals surface area contributed by atoms with Crippen molar-refractivity contribution in [1.82, 2.24) is 9.78 Å². The Labute approximate surface area is 175 Å². The van der Waals surface area contributed by atoms with Crippen LogP contribution in [-0.2, 0) is 29.0 Å². The summed E-state index contributed by atoms with van der Waals surface area (Å²) in [6.45, 7) is -0.233. The lowest BCUT2D eigenvalue weighted by atomic mass is 9.92. The van der Waals surface area contributed by atoms with Crippen LogP contribution in [0.3, 0.4) is 0 Å². The summed E-state index contributed by atoms with van der Waals surface area (Å²) in [4.78, 5) is 11.1. The van der Waals surface area contributed by atoms with Gasteiger partial charge in [-0.25, -0.2) is 4.21 Å². The van der Waals surface area contributed by atoms with E-state index in [0.29, 0.717) is 18.5 Å². The SMILES string of the molecule is O=C(O)Cn1ncc2c1CCCC2N(c1ccc(-c2cccc(O)c2)cc1)S(=O)O. The van der Waals surface area contributed by atoms with Gasteiger partial charge in [-0.3, -0.25) is 18.3 Å². The molecule has 30 heavy (non-hydrogen) atoms. The van der Waals surface area contributed by atoms with Crippen molar-refractivity contribution in [3.63, 3.8) is 0 Å². The fraction of sp³-hybridized carbons (Fsp3) is 0.238. The van der Waals surface area contributed by atoms with Crippen molar-refractivity contribution in [1.29, 1.82) is 0 Å². The zero-order valence-corrected chi connectivity index (χ0v) is 16.8. The summed E-state index contributed by atoms with van der Waals surface area (Å²) in [7, 11) is 0. The minimum absolute atomic E-state index is 0.169. The largest absolute Gasteiger partial charge is 0.508 e. The lowest BCUT2D eigenvalue weighted by molar-refractivity contribution is -0.137. The predicted octanol–water partition coefficient (Wildman–Crippen LogP) is 3.36. The van der Waals surface area contributed by atoms with E-state index < -0.39 is 17.2 Å². The number of phenols is 1. The van der Waals surface area contributed by atoms with Gasteiger partial charge >= 0.3 is 5.97 Å². The topological polar surface area (TPSA) is 116 Å². The Morgan fingerprint density at radius 2 is 1.97 bits per heavy atom. The number of fused-ring (bicyclic) bond motifs is 1. The molecule has 2 aromatic carbocycles. The van der Waals surface area contributed by atoms with Crippen LogP contribution >= 0.6 is 0 Å². The molecular weight excluding hydrogens is 406 g/mol. The summed E-state index contributed by atoms with van der Waals surface area (Å²) >= 11 is -2.28.